The predicted molar refractivity (Wildman–Crippen MR) is 111 cm³/mol. The maximum atomic E-state index is 5.32. The fourth-order valence-electron chi connectivity index (χ4n) is 3.76. The van der Waals surface area contributed by atoms with Gasteiger partial charge in [0, 0.05) is 17.1 Å². The van der Waals surface area contributed by atoms with Gasteiger partial charge in [0.25, 0.3) is 0 Å². The van der Waals surface area contributed by atoms with Gasteiger partial charge in [0.05, 0.1) is 12.8 Å². The number of rotatable bonds is 4. The van der Waals surface area contributed by atoms with Crippen molar-refractivity contribution in [2.75, 3.05) is 7.11 Å². The lowest BCUT2D eigenvalue weighted by Crippen LogP contribution is -2.23. The first-order valence-electron chi connectivity index (χ1n) is 9.57. The molecule has 0 aliphatic heterocycles. The van der Waals surface area contributed by atoms with Crippen molar-refractivity contribution in [3.63, 3.8) is 0 Å². The van der Waals surface area contributed by atoms with Crippen LogP contribution in [0.4, 0.5) is 5.82 Å². The van der Waals surface area contributed by atoms with Crippen LogP contribution in [0.5, 0.6) is 5.75 Å². The summed E-state index contributed by atoms with van der Waals surface area (Å²) < 4.78 is 7.76. The fraction of sp³-hybridized carbons (Fsp3) is 0.364. The number of methoxy groups -OCH3 is 1. The summed E-state index contributed by atoms with van der Waals surface area (Å²) in [5.74, 6) is 1.66. The molecular formula is C22H25N3OS. The van der Waals surface area contributed by atoms with Crippen LogP contribution in [0.3, 0.4) is 0 Å². The van der Waals surface area contributed by atoms with E-state index in [1.807, 2.05) is 37.3 Å². The number of ether oxygens (including phenoxy) is 1. The van der Waals surface area contributed by atoms with Gasteiger partial charge in [-0.3, -0.25) is 0 Å². The highest BCUT2D eigenvalue weighted by Crippen LogP contribution is 2.33. The molecule has 0 amide bonds. The molecule has 0 atom stereocenters. The van der Waals surface area contributed by atoms with Crippen molar-refractivity contribution in [1.82, 2.24) is 9.55 Å². The lowest BCUT2D eigenvalue weighted by Gasteiger charge is -2.25. The highest BCUT2D eigenvalue weighted by atomic mass is 32.1. The van der Waals surface area contributed by atoms with Crippen LogP contribution in [0.1, 0.15) is 43.8 Å². The van der Waals surface area contributed by atoms with E-state index in [0.29, 0.717) is 6.04 Å². The third-order valence-electron chi connectivity index (χ3n) is 5.15. The number of aryl methyl sites for hydroxylation is 1. The Kier molecular flexibility index (Phi) is 5.39. The SMILES string of the molecule is COc1ccc(-c2cs/c(=N/c3cccc(C)n3)n2C2CCCCC2)cc1. The zero-order chi connectivity index (χ0) is 18.6. The Morgan fingerprint density at radius 2 is 1.85 bits per heavy atom. The average molecular weight is 380 g/mol. The predicted octanol–water partition coefficient (Wildman–Crippen LogP) is 5.67. The lowest BCUT2D eigenvalue weighted by molar-refractivity contribution is 0.351. The second-order valence-electron chi connectivity index (χ2n) is 7.04. The van der Waals surface area contributed by atoms with Crippen LogP contribution in [-0.2, 0) is 0 Å². The molecule has 0 unspecified atom stereocenters. The van der Waals surface area contributed by atoms with E-state index in [9.17, 15) is 0 Å². The largest absolute Gasteiger partial charge is 0.497 e. The number of aromatic nitrogens is 2. The molecule has 1 fully saturated rings. The Hall–Kier alpha value is -2.40. The van der Waals surface area contributed by atoms with Gasteiger partial charge in [0.1, 0.15) is 5.75 Å². The smallest absolute Gasteiger partial charge is 0.192 e. The molecule has 3 aromatic rings. The maximum Gasteiger partial charge on any atom is 0.192 e. The summed E-state index contributed by atoms with van der Waals surface area (Å²) in [5, 5.41) is 2.23. The molecule has 1 aliphatic rings. The number of hydrogen-bond acceptors (Lipinski definition) is 4. The van der Waals surface area contributed by atoms with E-state index in [0.717, 1.165) is 22.1 Å². The summed E-state index contributed by atoms with van der Waals surface area (Å²) in [4.78, 5) is 10.5. The molecular weight excluding hydrogens is 354 g/mol. The summed E-state index contributed by atoms with van der Waals surface area (Å²) in [6.45, 7) is 2.01. The van der Waals surface area contributed by atoms with Crippen molar-refractivity contribution < 1.29 is 4.74 Å². The van der Waals surface area contributed by atoms with Gasteiger partial charge >= 0.3 is 0 Å². The quantitative estimate of drug-likeness (QED) is 0.586. The lowest BCUT2D eigenvalue weighted by atomic mass is 9.95. The number of nitrogens with zero attached hydrogens (tertiary/aromatic N) is 3. The van der Waals surface area contributed by atoms with Crippen molar-refractivity contribution in [3.8, 4) is 17.0 Å². The molecule has 0 spiro atoms. The molecule has 1 aliphatic carbocycles. The molecule has 4 nitrogen and oxygen atoms in total. The minimum Gasteiger partial charge on any atom is -0.497 e. The standard InChI is InChI=1S/C22H25N3OS/c1-16-7-6-10-21(23-16)24-22-25(18-8-4-3-5-9-18)20(15-27-22)17-11-13-19(26-2)14-12-17/h6-7,10-15,18H,3-5,8-9H2,1-2H3/b24-22+. The molecule has 2 heterocycles. The molecule has 1 saturated carbocycles. The van der Waals surface area contributed by atoms with Crippen molar-refractivity contribution in [2.24, 2.45) is 4.99 Å². The van der Waals surface area contributed by atoms with Crippen LogP contribution in [0, 0.1) is 6.92 Å². The van der Waals surface area contributed by atoms with Crippen LogP contribution in [0.25, 0.3) is 11.3 Å². The first-order valence-corrected chi connectivity index (χ1v) is 10.5. The summed E-state index contributed by atoms with van der Waals surface area (Å²) in [6.07, 6.45) is 6.35. The van der Waals surface area contributed by atoms with E-state index in [1.165, 1.54) is 43.4 Å². The molecule has 5 heteroatoms. The normalized spacial score (nSPS) is 15.9. The average Bonchev–Trinajstić information content (AvgIpc) is 3.12. The number of hydrogen-bond donors (Lipinski definition) is 0. The second-order valence-corrected chi connectivity index (χ2v) is 7.88. The molecule has 140 valence electrons. The van der Waals surface area contributed by atoms with Crippen molar-refractivity contribution in [3.05, 3.63) is 58.3 Å². The van der Waals surface area contributed by atoms with E-state index in [1.54, 1.807) is 18.4 Å². The molecule has 0 saturated heterocycles. The Morgan fingerprint density at radius 1 is 1.07 bits per heavy atom. The molecule has 0 radical (unpaired) electrons. The van der Waals surface area contributed by atoms with Gasteiger partial charge in [0.2, 0.25) is 0 Å². The second kappa shape index (κ2) is 8.09. The number of pyridine rings is 1. The maximum absolute atomic E-state index is 5.32. The highest BCUT2D eigenvalue weighted by Gasteiger charge is 2.20. The topological polar surface area (TPSA) is 39.4 Å². The Bertz CT molecular complexity index is 966. The van der Waals surface area contributed by atoms with Gasteiger partial charge in [-0.25, -0.2) is 9.98 Å². The Labute approximate surface area is 164 Å². The van der Waals surface area contributed by atoms with Gasteiger partial charge < -0.3 is 9.30 Å². The van der Waals surface area contributed by atoms with E-state index >= 15 is 0 Å². The monoisotopic (exact) mass is 379 g/mol. The minimum absolute atomic E-state index is 0.505. The van der Waals surface area contributed by atoms with Crippen LogP contribution < -0.4 is 9.54 Å². The minimum atomic E-state index is 0.505. The fourth-order valence-corrected chi connectivity index (χ4v) is 4.73. The highest BCUT2D eigenvalue weighted by molar-refractivity contribution is 7.07. The molecule has 27 heavy (non-hydrogen) atoms. The van der Waals surface area contributed by atoms with E-state index < -0.39 is 0 Å². The molecule has 4 rings (SSSR count). The van der Waals surface area contributed by atoms with Crippen molar-refractivity contribution in [1.29, 1.82) is 0 Å². The summed E-state index contributed by atoms with van der Waals surface area (Å²) in [7, 11) is 1.70. The van der Waals surface area contributed by atoms with Crippen molar-refractivity contribution >= 4 is 17.2 Å². The zero-order valence-corrected chi connectivity index (χ0v) is 16.7. The van der Waals surface area contributed by atoms with Gasteiger partial charge in [-0.2, -0.15) is 0 Å². The summed E-state index contributed by atoms with van der Waals surface area (Å²) >= 11 is 1.70. The van der Waals surface area contributed by atoms with Gasteiger partial charge in [-0.05, 0) is 61.7 Å². The van der Waals surface area contributed by atoms with E-state index in [2.05, 4.69) is 27.1 Å². The van der Waals surface area contributed by atoms with Crippen LogP contribution in [0.2, 0.25) is 0 Å². The molecule has 0 N–H and O–H groups in total. The van der Waals surface area contributed by atoms with Gasteiger partial charge in [-0.1, -0.05) is 25.3 Å². The van der Waals surface area contributed by atoms with Gasteiger partial charge in [-0.15, -0.1) is 11.3 Å². The third-order valence-corrected chi connectivity index (χ3v) is 5.99. The van der Waals surface area contributed by atoms with Crippen LogP contribution >= 0.6 is 11.3 Å². The summed E-state index contributed by atoms with van der Waals surface area (Å²) in [6, 6.07) is 14.8. The molecule has 0 bridgehead atoms. The first-order chi connectivity index (χ1) is 13.2. The van der Waals surface area contributed by atoms with Crippen LogP contribution in [0.15, 0.2) is 52.8 Å². The van der Waals surface area contributed by atoms with Crippen molar-refractivity contribution in [2.45, 2.75) is 45.1 Å². The first kappa shape index (κ1) is 18.0. The zero-order valence-electron chi connectivity index (χ0n) is 15.9. The number of thiazole rings is 1. The molecule has 2 aromatic heterocycles. The Morgan fingerprint density at radius 3 is 2.56 bits per heavy atom. The molecule has 1 aromatic carbocycles. The van der Waals surface area contributed by atoms with Gasteiger partial charge in [0.15, 0.2) is 10.6 Å². The van der Waals surface area contributed by atoms with Crippen LogP contribution in [-0.4, -0.2) is 16.7 Å². The van der Waals surface area contributed by atoms with E-state index in [-0.39, 0.29) is 0 Å². The summed E-state index contributed by atoms with van der Waals surface area (Å²) in [5.41, 5.74) is 3.43. The Balaban J connectivity index is 1.82. The van der Waals surface area contributed by atoms with E-state index in [4.69, 9.17) is 9.73 Å². The number of benzene rings is 1. The third kappa shape index (κ3) is 3.98.